The normalized spacial score (nSPS) is 11.8. The molecule has 118 valence electrons. The molecule has 2 nitrogen and oxygen atoms in total. The summed E-state index contributed by atoms with van der Waals surface area (Å²) in [5, 5.41) is 0.289. The summed E-state index contributed by atoms with van der Waals surface area (Å²) in [6.07, 6.45) is -3.51. The third kappa shape index (κ3) is 5.18. The van der Waals surface area contributed by atoms with Crippen molar-refractivity contribution in [1.82, 2.24) is 4.90 Å². The molecular weight excluding hydrogens is 371 g/mol. The van der Waals surface area contributed by atoms with Gasteiger partial charge in [-0.3, -0.25) is 4.79 Å². The Morgan fingerprint density at radius 3 is 2.33 bits per heavy atom. The average Bonchev–Trinajstić information content (AvgIpc) is 2.40. The van der Waals surface area contributed by atoms with Crippen molar-refractivity contribution < 1.29 is 18.0 Å². The minimum absolute atomic E-state index is 0.152. The number of rotatable bonds is 5. The van der Waals surface area contributed by atoms with E-state index >= 15 is 0 Å². The molecule has 0 atom stereocenters. The molecule has 0 aliphatic carbocycles. The summed E-state index contributed by atoms with van der Waals surface area (Å²) >= 11 is 9.09. The van der Waals surface area contributed by atoms with Crippen LogP contribution in [0.5, 0.6) is 0 Å². The fourth-order valence-electron chi connectivity index (χ4n) is 2.08. The monoisotopic (exact) mass is 385 g/mol. The van der Waals surface area contributed by atoms with Gasteiger partial charge in [0.25, 0.3) is 5.91 Å². The summed E-state index contributed by atoms with van der Waals surface area (Å²) < 4.78 is 38.8. The zero-order chi connectivity index (χ0) is 16.2. The Hall–Kier alpha value is -0.750. The van der Waals surface area contributed by atoms with Crippen LogP contribution in [-0.2, 0) is 0 Å². The number of hydrogen-bond acceptors (Lipinski definition) is 1. The average molecular weight is 387 g/mol. The molecule has 0 bridgehead atoms. The van der Waals surface area contributed by atoms with E-state index in [1.165, 1.54) is 12.1 Å². The zero-order valence-electron chi connectivity index (χ0n) is 11.7. The molecule has 0 aliphatic heterocycles. The lowest BCUT2D eigenvalue weighted by atomic mass is 10.1. The lowest BCUT2D eigenvalue weighted by molar-refractivity contribution is -0.144. The SMILES string of the molecule is CCC(CC)N(CC(F)(F)F)C(=O)c1ccc(Br)c(Cl)c1. The molecule has 0 saturated heterocycles. The number of benzene rings is 1. The van der Waals surface area contributed by atoms with E-state index in [1.807, 2.05) is 0 Å². The largest absolute Gasteiger partial charge is 0.406 e. The molecule has 1 rings (SSSR count). The number of amides is 1. The van der Waals surface area contributed by atoms with Crippen LogP contribution in [0.2, 0.25) is 5.02 Å². The molecule has 0 unspecified atom stereocenters. The van der Waals surface area contributed by atoms with Gasteiger partial charge in [-0.1, -0.05) is 25.4 Å². The van der Waals surface area contributed by atoms with Crippen LogP contribution in [-0.4, -0.2) is 29.6 Å². The van der Waals surface area contributed by atoms with Gasteiger partial charge in [0, 0.05) is 16.1 Å². The number of nitrogens with zero attached hydrogens (tertiary/aromatic N) is 1. The molecule has 0 N–H and O–H groups in total. The summed E-state index contributed by atoms with van der Waals surface area (Å²) in [7, 11) is 0. The molecule has 21 heavy (non-hydrogen) atoms. The molecular formula is C14H16BrClF3NO. The third-order valence-corrected chi connectivity index (χ3v) is 4.39. The van der Waals surface area contributed by atoms with Crippen LogP contribution in [0.4, 0.5) is 13.2 Å². The van der Waals surface area contributed by atoms with Gasteiger partial charge in [0.05, 0.1) is 5.02 Å². The highest BCUT2D eigenvalue weighted by atomic mass is 79.9. The second kappa shape index (κ2) is 7.49. The smallest absolute Gasteiger partial charge is 0.327 e. The highest BCUT2D eigenvalue weighted by Crippen LogP contribution is 2.26. The van der Waals surface area contributed by atoms with Crippen molar-refractivity contribution in [3.8, 4) is 0 Å². The Kier molecular flexibility index (Phi) is 6.53. The number of halogens is 5. The fourth-order valence-corrected chi connectivity index (χ4v) is 2.51. The van der Waals surface area contributed by atoms with Crippen LogP contribution in [0.3, 0.4) is 0 Å². The van der Waals surface area contributed by atoms with E-state index in [9.17, 15) is 18.0 Å². The van der Waals surface area contributed by atoms with Crippen molar-refractivity contribution in [3.05, 3.63) is 33.3 Å². The van der Waals surface area contributed by atoms with Gasteiger partial charge >= 0.3 is 6.18 Å². The first-order valence-electron chi connectivity index (χ1n) is 6.52. The van der Waals surface area contributed by atoms with E-state index in [2.05, 4.69) is 15.9 Å². The molecule has 1 aromatic carbocycles. The molecule has 0 spiro atoms. The summed E-state index contributed by atoms with van der Waals surface area (Å²) in [6.45, 7) is 2.27. The van der Waals surface area contributed by atoms with E-state index in [4.69, 9.17) is 11.6 Å². The second-order valence-electron chi connectivity index (χ2n) is 4.65. The van der Waals surface area contributed by atoms with Gasteiger partial charge in [-0.05, 0) is 47.0 Å². The quantitative estimate of drug-likeness (QED) is 0.673. The van der Waals surface area contributed by atoms with Gasteiger partial charge in [0.15, 0.2) is 0 Å². The molecule has 1 aromatic rings. The van der Waals surface area contributed by atoms with Crippen LogP contribution in [0, 0.1) is 0 Å². The highest BCUT2D eigenvalue weighted by molar-refractivity contribution is 9.10. The first-order chi connectivity index (χ1) is 9.69. The van der Waals surface area contributed by atoms with E-state index in [1.54, 1.807) is 19.9 Å². The van der Waals surface area contributed by atoms with E-state index in [0.29, 0.717) is 17.3 Å². The van der Waals surface area contributed by atoms with Gasteiger partial charge < -0.3 is 4.90 Å². The first kappa shape index (κ1) is 18.3. The van der Waals surface area contributed by atoms with Crippen LogP contribution in [0.15, 0.2) is 22.7 Å². The molecule has 0 fully saturated rings. The zero-order valence-corrected chi connectivity index (χ0v) is 14.0. The number of carbonyl (C=O) groups excluding carboxylic acids is 1. The van der Waals surface area contributed by atoms with Gasteiger partial charge in [-0.25, -0.2) is 0 Å². The van der Waals surface area contributed by atoms with Gasteiger partial charge in [0.2, 0.25) is 0 Å². The predicted molar refractivity (Wildman–Crippen MR) is 80.6 cm³/mol. The van der Waals surface area contributed by atoms with Crippen molar-refractivity contribution in [2.75, 3.05) is 6.54 Å². The van der Waals surface area contributed by atoms with Crippen molar-refractivity contribution >= 4 is 33.4 Å². The minimum Gasteiger partial charge on any atom is -0.327 e. The lowest BCUT2D eigenvalue weighted by Gasteiger charge is -2.31. The van der Waals surface area contributed by atoms with E-state index in [0.717, 1.165) is 4.90 Å². The summed E-state index contributed by atoms with van der Waals surface area (Å²) in [4.78, 5) is 13.3. The number of carbonyl (C=O) groups is 1. The van der Waals surface area contributed by atoms with Crippen LogP contribution in [0.25, 0.3) is 0 Å². The Balaban J connectivity index is 3.11. The van der Waals surface area contributed by atoms with Crippen molar-refractivity contribution in [1.29, 1.82) is 0 Å². The van der Waals surface area contributed by atoms with Crippen molar-refractivity contribution in [2.24, 2.45) is 0 Å². The standard InChI is InChI=1S/C14H16BrClF3NO/c1-3-10(4-2)20(8-14(17,18)19)13(21)9-5-6-11(15)12(16)7-9/h5-7,10H,3-4,8H2,1-2H3. The number of hydrogen-bond donors (Lipinski definition) is 0. The molecule has 1 amide bonds. The third-order valence-electron chi connectivity index (χ3n) is 3.16. The molecule has 7 heteroatoms. The fraction of sp³-hybridized carbons (Fsp3) is 0.500. The van der Waals surface area contributed by atoms with Crippen molar-refractivity contribution in [2.45, 2.75) is 38.9 Å². The van der Waals surface area contributed by atoms with Crippen molar-refractivity contribution in [3.63, 3.8) is 0 Å². The molecule has 0 aliphatic rings. The highest BCUT2D eigenvalue weighted by Gasteiger charge is 2.36. The Morgan fingerprint density at radius 1 is 1.33 bits per heavy atom. The topological polar surface area (TPSA) is 20.3 Å². The molecule has 0 saturated carbocycles. The Morgan fingerprint density at radius 2 is 1.90 bits per heavy atom. The first-order valence-corrected chi connectivity index (χ1v) is 7.69. The molecule has 0 aromatic heterocycles. The van der Waals surface area contributed by atoms with E-state index in [-0.39, 0.29) is 10.6 Å². The maximum absolute atomic E-state index is 12.7. The van der Waals surface area contributed by atoms with Crippen LogP contribution >= 0.6 is 27.5 Å². The Labute approximate surface area is 135 Å². The lowest BCUT2D eigenvalue weighted by Crippen LogP contribution is -2.45. The maximum atomic E-state index is 12.7. The van der Waals surface area contributed by atoms with Gasteiger partial charge in [-0.15, -0.1) is 0 Å². The van der Waals surface area contributed by atoms with Crippen LogP contribution in [0.1, 0.15) is 37.0 Å². The Bertz CT molecular complexity index is 503. The summed E-state index contributed by atoms with van der Waals surface area (Å²) in [6, 6.07) is 3.93. The summed E-state index contributed by atoms with van der Waals surface area (Å²) in [5.41, 5.74) is 0.152. The van der Waals surface area contributed by atoms with E-state index < -0.39 is 24.7 Å². The second-order valence-corrected chi connectivity index (χ2v) is 5.91. The number of alkyl halides is 3. The molecule has 0 radical (unpaired) electrons. The summed E-state index contributed by atoms with van der Waals surface area (Å²) in [5.74, 6) is -0.657. The van der Waals surface area contributed by atoms with Gasteiger partial charge in [0.1, 0.15) is 6.54 Å². The predicted octanol–water partition coefficient (Wildman–Crippen LogP) is 5.30. The molecule has 0 heterocycles. The maximum Gasteiger partial charge on any atom is 0.406 e. The minimum atomic E-state index is -4.43. The van der Waals surface area contributed by atoms with Gasteiger partial charge in [-0.2, -0.15) is 13.2 Å². The van der Waals surface area contributed by atoms with Crippen LogP contribution < -0.4 is 0 Å².